The van der Waals surface area contributed by atoms with Crippen LogP contribution >= 0.6 is 22.9 Å². The molecule has 7 heteroatoms. The van der Waals surface area contributed by atoms with E-state index in [2.05, 4.69) is 10.3 Å². The Kier molecular flexibility index (Phi) is 4.70. The van der Waals surface area contributed by atoms with Crippen LogP contribution in [0.2, 0.25) is 5.02 Å². The summed E-state index contributed by atoms with van der Waals surface area (Å²) in [5.41, 5.74) is 0. The Morgan fingerprint density at radius 1 is 1.40 bits per heavy atom. The van der Waals surface area contributed by atoms with Gasteiger partial charge in [0.25, 0.3) is 5.91 Å². The number of ether oxygens (including phenoxy) is 1. The number of aromatic nitrogens is 1. The molecule has 0 radical (unpaired) electrons. The van der Waals surface area contributed by atoms with E-state index < -0.39 is 18.0 Å². The fraction of sp³-hybridized carbons (Fsp3) is 0.154. The molecule has 0 aliphatic rings. The average Bonchev–Trinajstić information content (AvgIpc) is 2.95. The molecular weight excluding hydrogens is 300 g/mol. The minimum absolute atomic E-state index is 0.346. The van der Waals surface area contributed by atoms with E-state index in [9.17, 15) is 9.59 Å². The Morgan fingerprint density at radius 3 is 2.80 bits per heavy atom. The van der Waals surface area contributed by atoms with Gasteiger partial charge in [-0.25, -0.2) is 9.78 Å². The number of hydrogen-bond acceptors (Lipinski definition) is 5. The lowest BCUT2D eigenvalue weighted by molar-refractivity contribution is -0.123. The van der Waals surface area contributed by atoms with Crippen LogP contribution in [0.4, 0.5) is 5.82 Å². The standard InChI is InChI=1S/C13H11ClN2O3S/c1-8(19-13(18)10-3-2-6-20-10)12(17)16-11-5-4-9(14)7-15-11/h2-8H,1H3,(H,15,16,17)/t8-/m1/s1. The molecule has 0 spiro atoms. The van der Waals surface area contributed by atoms with Crippen molar-refractivity contribution in [2.75, 3.05) is 5.32 Å². The van der Waals surface area contributed by atoms with Gasteiger partial charge >= 0.3 is 5.97 Å². The summed E-state index contributed by atoms with van der Waals surface area (Å²) >= 11 is 6.95. The zero-order valence-electron chi connectivity index (χ0n) is 10.5. The lowest BCUT2D eigenvalue weighted by Crippen LogP contribution is -2.30. The van der Waals surface area contributed by atoms with Gasteiger partial charge in [-0.1, -0.05) is 17.7 Å². The lowest BCUT2D eigenvalue weighted by atomic mass is 10.3. The molecule has 0 aliphatic carbocycles. The number of amides is 1. The maximum absolute atomic E-state index is 11.8. The van der Waals surface area contributed by atoms with E-state index in [0.29, 0.717) is 15.7 Å². The maximum atomic E-state index is 11.8. The van der Waals surface area contributed by atoms with Gasteiger partial charge in [-0.3, -0.25) is 4.79 Å². The van der Waals surface area contributed by atoms with Crippen molar-refractivity contribution in [3.05, 3.63) is 45.7 Å². The van der Waals surface area contributed by atoms with Crippen molar-refractivity contribution in [3.63, 3.8) is 0 Å². The number of carbonyl (C=O) groups excluding carboxylic acids is 2. The first-order valence-electron chi connectivity index (χ1n) is 5.73. The van der Waals surface area contributed by atoms with Crippen LogP contribution in [0.5, 0.6) is 0 Å². The van der Waals surface area contributed by atoms with Gasteiger partial charge in [0.2, 0.25) is 0 Å². The molecule has 2 aromatic heterocycles. The van der Waals surface area contributed by atoms with Crippen LogP contribution in [0.25, 0.3) is 0 Å². The number of hydrogen-bond donors (Lipinski definition) is 1. The highest BCUT2D eigenvalue weighted by Crippen LogP contribution is 2.13. The second kappa shape index (κ2) is 6.49. The van der Waals surface area contributed by atoms with E-state index in [1.54, 1.807) is 29.6 Å². The Morgan fingerprint density at radius 2 is 2.20 bits per heavy atom. The number of nitrogens with zero attached hydrogens (tertiary/aromatic N) is 1. The number of anilines is 1. The molecule has 0 unspecified atom stereocenters. The quantitative estimate of drug-likeness (QED) is 0.882. The maximum Gasteiger partial charge on any atom is 0.349 e. The van der Waals surface area contributed by atoms with Gasteiger partial charge < -0.3 is 10.1 Å². The summed E-state index contributed by atoms with van der Waals surface area (Å²) in [6.45, 7) is 1.50. The largest absolute Gasteiger partial charge is 0.448 e. The van der Waals surface area contributed by atoms with Gasteiger partial charge in [0.1, 0.15) is 10.7 Å². The van der Waals surface area contributed by atoms with Crippen LogP contribution in [0.3, 0.4) is 0 Å². The smallest absolute Gasteiger partial charge is 0.349 e. The minimum atomic E-state index is -0.915. The van der Waals surface area contributed by atoms with Crippen LogP contribution in [0.15, 0.2) is 35.8 Å². The molecular formula is C13H11ClN2O3S. The van der Waals surface area contributed by atoms with E-state index in [1.165, 1.54) is 24.5 Å². The summed E-state index contributed by atoms with van der Waals surface area (Å²) in [7, 11) is 0. The Hall–Kier alpha value is -1.92. The second-order valence-corrected chi connectivity index (χ2v) is 5.26. The molecule has 1 atom stereocenters. The molecule has 5 nitrogen and oxygen atoms in total. The van der Waals surface area contributed by atoms with Gasteiger partial charge in [-0.15, -0.1) is 11.3 Å². The molecule has 0 aliphatic heterocycles. The summed E-state index contributed by atoms with van der Waals surface area (Å²) in [6, 6.07) is 6.54. The summed E-state index contributed by atoms with van der Waals surface area (Å²) in [4.78, 5) is 27.9. The first-order valence-corrected chi connectivity index (χ1v) is 6.99. The number of halogens is 1. The molecule has 2 rings (SSSR count). The molecule has 104 valence electrons. The van der Waals surface area contributed by atoms with Crippen molar-refractivity contribution in [3.8, 4) is 0 Å². The highest BCUT2D eigenvalue weighted by atomic mass is 35.5. The fourth-order valence-electron chi connectivity index (χ4n) is 1.34. The predicted molar refractivity (Wildman–Crippen MR) is 77.1 cm³/mol. The van der Waals surface area contributed by atoms with Crippen molar-refractivity contribution < 1.29 is 14.3 Å². The van der Waals surface area contributed by atoms with Gasteiger partial charge in [0.15, 0.2) is 6.10 Å². The fourth-order valence-corrected chi connectivity index (χ4v) is 2.06. The zero-order chi connectivity index (χ0) is 14.5. The SMILES string of the molecule is C[C@@H](OC(=O)c1cccs1)C(=O)Nc1ccc(Cl)cn1. The van der Waals surface area contributed by atoms with Crippen LogP contribution < -0.4 is 5.32 Å². The van der Waals surface area contributed by atoms with Crippen LogP contribution in [-0.2, 0) is 9.53 Å². The highest BCUT2D eigenvalue weighted by molar-refractivity contribution is 7.11. The predicted octanol–water partition coefficient (Wildman–Crippen LogP) is 2.98. The van der Waals surface area contributed by atoms with Crippen molar-refractivity contribution >= 4 is 40.6 Å². The third kappa shape index (κ3) is 3.79. The summed E-state index contributed by atoms with van der Waals surface area (Å²) in [5, 5.41) is 4.77. The lowest BCUT2D eigenvalue weighted by Gasteiger charge is -2.12. The van der Waals surface area contributed by atoms with Crippen LogP contribution in [-0.4, -0.2) is 23.0 Å². The number of pyridine rings is 1. The third-order valence-corrected chi connectivity index (χ3v) is 3.43. The van der Waals surface area contributed by atoms with E-state index in [4.69, 9.17) is 16.3 Å². The number of nitrogens with one attached hydrogen (secondary N) is 1. The summed E-state index contributed by atoms with van der Waals surface area (Å²) in [6.07, 6.45) is 0.501. The molecule has 0 fully saturated rings. The van der Waals surface area contributed by atoms with Gasteiger partial charge in [0, 0.05) is 6.20 Å². The Labute approximate surface area is 124 Å². The molecule has 0 saturated heterocycles. The Bertz CT molecular complexity index is 599. The molecule has 0 bridgehead atoms. The normalized spacial score (nSPS) is 11.7. The van der Waals surface area contributed by atoms with Crippen LogP contribution in [0, 0.1) is 0 Å². The third-order valence-electron chi connectivity index (χ3n) is 2.35. The highest BCUT2D eigenvalue weighted by Gasteiger charge is 2.19. The zero-order valence-corrected chi connectivity index (χ0v) is 12.1. The average molecular weight is 311 g/mol. The first-order chi connectivity index (χ1) is 9.56. The van der Waals surface area contributed by atoms with Crippen molar-refractivity contribution in [1.82, 2.24) is 4.98 Å². The Balaban J connectivity index is 1.92. The minimum Gasteiger partial charge on any atom is -0.448 e. The molecule has 2 heterocycles. The molecule has 2 aromatic rings. The van der Waals surface area contributed by atoms with Crippen molar-refractivity contribution in [2.24, 2.45) is 0 Å². The number of esters is 1. The number of thiophene rings is 1. The molecule has 20 heavy (non-hydrogen) atoms. The molecule has 0 saturated carbocycles. The van der Waals surface area contributed by atoms with Gasteiger partial charge in [0.05, 0.1) is 5.02 Å². The monoisotopic (exact) mass is 310 g/mol. The molecule has 1 amide bonds. The van der Waals surface area contributed by atoms with E-state index in [0.717, 1.165) is 0 Å². The molecule has 0 aromatic carbocycles. The van der Waals surface area contributed by atoms with E-state index in [1.807, 2.05) is 0 Å². The van der Waals surface area contributed by atoms with E-state index in [-0.39, 0.29) is 0 Å². The molecule has 1 N–H and O–H groups in total. The van der Waals surface area contributed by atoms with E-state index >= 15 is 0 Å². The number of rotatable bonds is 4. The summed E-state index contributed by atoms with van der Waals surface area (Å²) < 4.78 is 5.06. The van der Waals surface area contributed by atoms with Crippen molar-refractivity contribution in [1.29, 1.82) is 0 Å². The first kappa shape index (κ1) is 14.5. The number of carbonyl (C=O) groups is 2. The second-order valence-electron chi connectivity index (χ2n) is 3.88. The summed E-state index contributed by atoms with van der Waals surface area (Å²) in [5.74, 6) is -0.630. The van der Waals surface area contributed by atoms with Gasteiger partial charge in [-0.2, -0.15) is 0 Å². The van der Waals surface area contributed by atoms with Gasteiger partial charge in [-0.05, 0) is 30.5 Å². The van der Waals surface area contributed by atoms with Crippen molar-refractivity contribution in [2.45, 2.75) is 13.0 Å². The topological polar surface area (TPSA) is 68.3 Å². The van der Waals surface area contributed by atoms with Crippen LogP contribution in [0.1, 0.15) is 16.6 Å².